The van der Waals surface area contributed by atoms with E-state index in [0.717, 1.165) is 17.7 Å². The highest BCUT2D eigenvalue weighted by Gasteiger charge is 2.10. The molecular weight excluding hydrogens is 354 g/mol. The molecule has 140 valence electrons. The van der Waals surface area contributed by atoms with Crippen LogP contribution >= 0.6 is 0 Å². The topological polar surface area (TPSA) is 69.0 Å². The summed E-state index contributed by atoms with van der Waals surface area (Å²) >= 11 is 0. The highest BCUT2D eigenvalue weighted by atomic mass is 19.2. The SMILES string of the molecule is Cn1cc(CCC(=O)NCc2cccnc2Oc2ccc(F)c(F)c2)cn1. The highest BCUT2D eigenvalue weighted by Crippen LogP contribution is 2.24. The second-order valence-electron chi connectivity index (χ2n) is 5.94. The van der Waals surface area contributed by atoms with Crippen LogP contribution in [0.5, 0.6) is 11.6 Å². The van der Waals surface area contributed by atoms with E-state index in [2.05, 4.69) is 15.4 Å². The number of rotatable bonds is 7. The molecule has 0 radical (unpaired) electrons. The van der Waals surface area contributed by atoms with Gasteiger partial charge < -0.3 is 10.1 Å². The number of aromatic nitrogens is 3. The minimum absolute atomic E-state index is 0.122. The van der Waals surface area contributed by atoms with Crippen molar-refractivity contribution in [2.24, 2.45) is 7.05 Å². The number of pyridine rings is 1. The van der Waals surface area contributed by atoms with Crippen LogP contribution in [0.15, 0.2) is 48.9 Å². The second kappa shape index (κ2) is 8.39. The van der Waals surface area contributed by atoms with Gasteiger partial charge in [-0.3, -0.25) is 9.48 Å². The summed E-state index contributed by atoms with van der Waals surface area (Å²) in [4.78, 5) is 16.2. The van der Waals surface area contributed by atoms with Crippen molar-refractivity contribution >= 4 is 5.91 Å². The number of amides is 1. The van der Waals surface area contributed by atoms with Gasteiger partial charge in [-0.05, 0) is 30.2 Å². The van der Waals surface area contributed by atoms with Gasteiger partial charge in [-0.25, -0.2) is 13.8 Å². The van der Waals surface area contributed by atoms with E-state index < -0.39 is 11.6 Å². The summed E-state index contributed by atoms with van der Waals surface area (Å²) in [5.41, 5.74) is 1.60. The van der Waals surface area contributed by atoms with Gasteiger partial charge in [-0.1, -0.05) is 6.07 Å². The predicted octanol–water partition coefficient (Wildman–Crippen LogP) is 3.13. The monoisotopic (exact) mass is 372 g/mol. The van der Waals surface area contributed by atoms with Gasteiger partial charge in [-0.2, -0.15) is 5.10 Å². The Morgan fingerprint density at radius 1 is 1.26 bits per heavy atom. The van der Waals surface area contributed by atoms with Crippen molar-refractivity contribution in [1.29, 1.82) is 0 Å². The molecule has 1 amide bonds. The summed E-state index contributed by atoms with van der Waals surface area (Å²) in [5, 5.41) is 6.86. The van der Waals surface area contributed by atoms with Crippen molar-refractivity contribution < 1.29 is 18.3 Å². The van der Waals surface area contributed by atoms with Gasteiger partial charge in [0.2, 0.25) is 11.8 Å². The molecular formula is C19H18F2N4O2. The van der Waals surface area contributed by atoms with E-state index >= 15 is 0 Å². The molecule has 2 heterocycles. The molecule has 0 aliphatic heterocycles. The summed E-state index contributed by atoms with van der Waals surface area (Å²) in [6, 6.07) is 6.68. The maximum atomic E-state index is 13.3. The van der Waals surface area contributed by atoms with Crippen LogP contribution < -0.4 is 10.1 Å². The molecule has 1 N–H and O–H groups in total. The zero-order chi connectivity index (χ0) is 19.2. The third-order valence-electron chi connectivity index (χ3n) is 3.83. The number of carbonyl (C=O) groups is 1. The molecule has 0 saturated heterocycles. The second-order valence-corrected chi connectivity index (χ2v) is 5.94. The number of hydrogen-bond acceptors (Lipinski definition) is 4. The Bertz CT molecular complexity index is 943. The normalized spacial score (nSPS) is 10.6. The van der Waals surface area contributed by atoms with E-state index in [4.69, 9.17) is 4.74 Å². The minimum Gasteiger partial charge on any atom is -0.439 e. The summed E-state index contributed by atoms with van der Waals surface area (Å²) in [6.07, 6.45) is 6.02. The lowest BCUT2D eigenvalue weighted by Crippen LogP contribution is -2.23. The Labute approximate surface area is 154 Å². The lowest BCUT2D eigenvalue weighted by Gasteiger charge is -2.11. The van der Waals surface area contributed by atoms with Crippen LogP contribution in [0, 0.1) is 11.6 Å². The molecule has 27 heavy (non-hydrogen) atoms. The third-order valence-corrected chi connectivity index (χ3v) is 3.83. The van der Waals surface area contributed by atoms with Crippen molar-refractivity contribution in [3.05, 3.63) is 71.7 Å². The Kier molecular flexibility index (Phi) is 5.75. The standard InChI is InChI=1S/C19H18F2N4O2/c1-25-12-13(10-24-25)4-7-18(26)23-11-14-3-2-8-22-19(14)27-15-5-6-16(20)17(21)9-15/h2-3,5-6,8-10,12H,4,7,11H2,1H3,(H,23,26). The highest BCUT2D eigenvalue weighted by molar-refractivity contribution is 5.76. The summed E-state index contributed by atoms with van der Waals surface area (Å²) in [5.74, 6) is -1.74. The number of benzene rings is 1. The van der Waals surface area contributed by atoms with E-state index in [1.165, 1.54) is 12.3 Å². The zero-order valence-electron chi connectivity index (χ0n) is 14.7. The van der Waals surface area contributed by atoms with E-state index in [1.807, 2.05) is 13.2 Å². The Morgan fingerprint density at radius 2 is 2.11 bits per heavy atom. The summed E-state index contributed by atoms with van der Waals surface area (Å²) < 4.78 is 33.6. The van der Waals surface area contributed by atoms with Gasteiger partial charge in [0.25, 0.3) is 0 Å². The van der Waals surface area contributed by atoms with E-state index in [9.17, 15) is 13.6 Å². The number of nitrogens with one attached hydrogen (secondary N) is 1. The quantitative estimate of drug-likeness (QED) is 0.692. The van der Waals surface area contributed by atoms with Gasteiger partial charge in [0.05, 0.1) is 6.20 Å². The molecule has 1 aromatic carbocycles. The molecule has 0 bridgehead atoms. The molecule has 0 fully saturated rings. The number of nitrogens with zero attached hydrogens (tertiary/aromatic N) is 3. The molecule has 6 nitrogen and oxygen atoms in total. The number of halogens is 2. The third kappa shape index (κ3) is 5.10. The molecule has 0 spiro atoms. The van der Waals surface area contributed by atoms with E-state index in [0.29, 0.717) is 18.4 Å². The van der Waals surface area contributed by atoms with E-state index in [-0.39, 0.29) is 24.1 Å². The molecule has 2 aromatic heterocycles. The maximum absolute atomic E-state index is 13.3. The van der Waals surface area contributed by atoms with Gasteiger partial charge in [-0.15, -0.1) is 0 Å². The first-order chi connectivity index (χ1) is 13.0. The fraction of sp³-hybridized carbons (Fsp3) is 0.211. The fourth-order valence-corrected chi connectivity index (χ4v) is 2.44. The summed E-state index contributed by atoms with van der Waals surface area (Å²) in [7, 11) is 1.82. The van der Waals surface area contributed by atoms with E-state index in [1.54, 1.807) is 23.0 Å². The number of ether oxygens (including phenoxy) is 1. The van der Waals surface area contributed by atoms with Crippen molar-refractivity contribution in [3.63, 3.8) is 0 Å². The average molecular weight is 372 g/mol. The molecule has 0 aliphatic carbocycles. The predicted molar refractivity (Wildman–Crippen MR) is 94.0 cm³/mol. The van der Waals surface area contributed by atoms with Gasteiger partial charge in [0.1, 0.15) is 5.75 Å². The molecule has 0 unspecified atom stereocenters. The Balaban J connectivity index is 1.58. The molecule has 0 atom stereocenters. The van der Waals surface area contributed by atoms with Crippen LogP contribution in [0.4, 0.5) is 8.78 Å². The molecule has 8 heteroatoms. The van der Waals surface area contributed by atoms with Crippen LogP contribution in [0.1, 0.15) is 17.5 Å². The molecule has 3 aromatic rings. The van der Waals surface area contributed by atoms with Crippen LogP contribution in [0.25, 0.3) is 0 Å². The van der Waals surface area contributed by atoms with Crippen molar-refractivity contribution in [3.8, 4) is 11.6 Å². The summed E-state index contributed by atoms with van der Waals surface area (Å²) in [6.45, 7) is 0.207. The van der Waals surface area contributed by atoms with Crippen LogP contribution in [-0.4, -0.2) is 20.7 Å². The smallest absolute Gasteiger partial charge is 0.224 e. The van der Waals surface area contributed by atoms with Crippen molar-refractivity contribution in [1.82, 2.24) is 20.1 Å². The fourth-order valence-electron chi connectivity index (χ4n) is 2.44. The van der Waals surface area contributed by atoms with Crippen molar-refractivity contribution in [2.45, 2.75) is 19.4 Å². The van der Waals surface area contributed by atoms with Gasteiger partial charge in [0.15, 0.2) is 11.6 Å². The molecule has 0 aliphatic rings. The lowest BCUT2D eigenvalue weighted by molar-refractivity contribution is -0.121. The molecule has 0 saturated carbocycles. The van der Waals surface area contributed by atoms with Crippen LogP contribution in [0.3, 0.4) is 0 Å². The molecule has 3 rings (SSSR count). The first kappa shape index (κ1) is 18.5. The van der Waals surface area contributed by atoms with Crippen molar-refractivity contribution in [2.75, 3.05) is 0 Å². The first-order valence-electron chi connectivity index (χ1n) is 8.32. The largest absolute Gasteiger partial charge is 0.439 e. The number of hydrogen-bond donors (Lipinski definition) is 1. The lowest BCUT2D eigenvalue weighted by atomic mass is 10.2. The van der Waals surface area contributed by atoms with Gasteiger partial charge in [0, 0.05) is 44.0 Å². The number of aryl methyl sites for hydroxylation is 2. The zero-order valence-corrected chi connectivity index (χ0v) is 14.7. The van der Waals surface area contributed by atoms with Crippen LogP contribution in [-0.2, 0) is 24.8 Å². The van der Waals surface area contributed by atoms with Gasteiger partial charge >= 0.3 is 0 Å². The Hall–Kier alpha value is -3.29. The maximum Gasteiger partial charge on any atom is 0.224 e. The van der Waals surface area contributed by atoms with Crippen LogP contribution in [0.2, 0.25) is 0 Å². The average Bonchev–Trinajstić information content (AvgIpc) is 3.07. The minimum atomic E-state index is -1.01. The first-order valence-corrected chi connectivity index (χ1v) is 8.32. The number of carbonyl (C=O) groups excluding carboxylic acids is 1. The Morgan fingerprint density at radius 3 is 2.85 bits per heavy atom.